The van der Waals surface area contributed by atoms with Gasteiger partial charge in [0, 0.05) is 37.9 Å². The van der Waals surface area contributed by atoms with Crippen molar-refractivity contribution >= 4 is 5.78 Å². The molecule has 6 rings (SSSR count). The molecule has 180 valence electrons. The van der Waals surface area contributed by atoms with Crippen molar-refractivity contribution in [1.82, 2.24) is 15.1 Å². The summed E-state index contributed by atoms with van der Waals surface area (Å²) in [5.74, 6) is 0.501. The highest BCUT2D eigenvalue weighted by atomic mass is 19.1. The van der Waals surface area contributed by atoms with Crippen LogP contribution in [0.2, 0.25) is 0 Å². The summed E-state index contributed by atoms with van der Waals surface area (Å²) in [4.78, 5) is 13.1. The van der Waals surface area contributed by atoms with Crippen molar-refractivity contribution < 1.29 is 13.9 Å². The Balaban J connectivity index is 1.22. The number of ketones is 1. The minimum Gasteiger partial charge on any atom is -0.381 e. The summed E-state index contributed by atoms with van der Waals surface area (Å²) >= 11 is 0. The van der Waals surface area contributed by atoms with E-state index in [9.17, 15) is 10.1 Å². The third kappa shape index (κ3) is 4.94. The fraction of sp³-hybridized carbons (Fsp3) is 0.593. The molecule has 0 spiro atoms. The normalized spacial score (nSPS) is 25.7. The molecule has 0 amide bonds. The molecule has 1 aliphatic carbocycles. The van der Waals surface area contributed by atoms with E-state index < -0.39 is 11.5 Å². The summed E-state index contributed by atoms with van der Waals surface area (Å²) < 4.78 is 22.4. The summed E-state index contributed by atoms with van der Waals surface area (Å²) in [5.41, 5.74) is 1.67. The maximum Gasteiger partial charge on any atom is 0.154 e. The molecule has 1 aromatic heterocycles. The van der Waals surface area contributed by atoms with Crippen LogP contribution in [-0.2, 0) is 22.5 Å². The Morgan fingerprint density at radius 1 is 1.26 bits per heavy atom. The van der Waals surface area contributed by atoms with Gasteiger partial charge in [-0.3, -0.25) is 9.48 Å². The van der Waals surface area contributed by atoms with Crippen molar-refractivity contribution in [2.24, 2.45) is 17.8 Å². The number of carbonyl (C=O) groups is 1. The van der Waals surface area contributed by atoms with Gasteiger partial charge in [-0.25, -0.2) is 4.39 Å². The molecule has 3 saturated heterocycles. The SMILES string of the molecule is N#C[C@@H](CC(=O)C12CCC(CC1)CN2)Cc1ccc(-c2cnn(CC3CCOCC3)c2)cc1F. The molecule has 0 radical (unpaired) electrons. The van der Waals surface area contributed by atoms with Gasteiger partial charge in [-0.1, -0.05) is 12.1 Å². The standard InChI is InChI=1S/C27H33FN4O2/c28-25-13-22(24-16-31-32(18-24)17-20-5-9-34-10-6-20)1-2-23(25)11-21(14-29)12-26(33)27-7-3-19(4-8-27)15-30-27/h1-2,13,16,18-21,30H,3-12,15,17H2/t19?,21-,27?/m1/s1. The van der Waals surface area contributed by atoms with Crippen molar-refractivity contribution in [1.29, 1.82) is 5.26 Å². The second kappa shape index (κ2) is 9.97. The molecule has 1 atom stereocenters. The van der Waals surface area contributed by atoms with Crippen molar-refractivity contribution in [3.8, 4) is 17.2 Å². The number of benzene rings is 1. The highest BCUT2D eigenvalue weighted by molar-refractivity contribution is 5.89. The maximum atomic E-state index is 15.0. The lowest BCUT2D eigenvalue weighted by Crippen LogP contribution is -2.60. The van der Waals surface area contributed by atoms with Gasteiger partial charge in [0.2, 0.25) is 0 Å². The molecule has 4 aliphatic rings. The zero-order valence-corrected chi connectivity index (χ0v) is 19.6. The van der Waals surface area contributed by atoms with E-state index in [-0.39, 0.29) is 24.4 Å². The number of fused-ring (bicyclic) bond motifs is 3. The fourth-order valence-corrected chi connectivity index (χ4v) is 5.81. The van der Waals surface area contributed by atoms with Crippen LogP contribution in [0.5, 0.6) is 0 Å². The largest absolute Gasteiger partial charge is 0.381 e. The first-order chi connectivity index (χ1) is 16.5. The average Bonchev–Trinajstić information content (AvgIpc) is 3.34. The zero-order valence-electron chi connectivity index (χ0n) is 19.6. The zero-order chi connectivity index (χ0) is 23.5. The summed E-state index contributed by atoms with van der Waals surface area (Å²) in [7, 11) is 0. The Morgan fingerprint density at radius 3 is 2.74 bits per heavy atom. The highest BCUT2D eigenvalue weighted by Crippen LogP contribution is 2.38. The molecule has 2 bridgehead atoms. The summed E-state index contributed by atoms with van der Waals surface area (Å²) in [6.45, 7) is 3.35. The predicted octanol–water partition coefficient (Wildman–Crippen LogP) is 4.29. The van der Waals surface area contributed by atoms with Gasteiger partial charge in [-0.05, 0) is 80.5 Å². The number of halogens is 1. The van der Waals surface area contributed by atoms with Crippen molar-refractivity contribution in [2.45, 2.75) is 63.5 Å². The smallest absolute Gasteiger partial charge is 0.154 e. The van der Waals surface area contributed by atoms with Crippen LogP contribution in [0.15, 0.2) is 30.6 Å². The molecule has 1 aromatic carbocycles. The quantitative estimate of drug-likeness (QED) is 0.630. The lowest BCUT2D eigenvalue weighted by Gasteiger charge is -2.46. The van der Waals surface area contributed by atoms with Crippen LogP contribution < -0.4 is 5.32 Å². The van der Waals surface area contributed by atoms with Crippen LogP contribution in [-0.4, -0.2) is 40.9 Å². The van der Waals surface area contributed by atoms with E-state index in [2.05, 4.69) is 16.5 Å². The second-order valence-electron chi connectivity index (χ2n) is 10.4. The number of nitrogens with one attached hydrogen (secondary N) is 1. The van der Waals surface area contributed by atoms with Gasteiger partial charge in [0.1, 0.15) is 5.82 Å². The van der Waals surface area contributed by atoms with Crippen LogP contribution in [0.3, 0.4) is 0 Å². The van der Waals surface area contributed by atoms with Gasteiger partial charge in [-0.15, -0.1) is 0 Å². The molecule has 1 saturated carbocycles. The lowest BCUT2D eigenvalue weighted by atomic mass is 9.68. The minimum absolute atomic E-state index is 0.117. The van der Waals surface area contributed by atoms with E-state index in [4.69, 9.17) is 4.74 Å². The molecular weight excluding hydrogens is 431 g/mol. The minimum atomic E-state index is -0.522. The van der Waals surface area contributed by atoms with Gasteiger partial charge in [-0.2, -0.15) is 10.4 Å². The van der Waals surface area contributed by atoms with Gasteiger partial charge < -0.3 is 10.1 Å². The van der Waals surface area contributed by atoms with Crippen molar-refractivity contribution in [2.75, 3.05) is 19.8 Å². The number of piperidine rings is 2. The number of rotatable bonds is 8. The molecule has 34 heavy (non-hydrogen) atoms. The van der Waals surface area contributed by atoms with Crippen LogP contribution in [0, 0.1) is 34.9 Å². The van der Waals surface area contributed by atoms with Crippen molar-refractivity contribution in [3.63, 3.8) is 0 Å². The van der Waals surface area contributed by atoms with Gasteiger partial charge >= 0.3 is 0 Å². The maximum absolute atomic E-state index is 15.0. The van der Waals surface area contributed by atoms with E-state index in [1.54, 1.807) is 12.3 Å². The monoisotopic (exact) mass is 464 g/mol. The van der Waals surface area contributed by atoms with Crippen LogP contribution in [0.25, 0.3) is 11.1 Å². The third-order valence-electron chi connectivity index (χ3n) is 8.11. The number of nitriles is 1. The van der Waals surface area contributed by atoms with E-state index in [1.807, 2.05) is 16.9 Å². The summed E-state index contributed by atoms with van der Waals surface area (Å²) in [6, 6.07) is 7.40. The molecule has 1 N–H and O–H groups in total. The van der Waals surface area contributed by atoms with E-state index in [0.29, 0.717) is 17.4 Å². The molecule has 2 aromatic rings. The number of ether oxygens (including phenoxy) is 1. The highest BCUT2D eigenvalue weighted by Gasteiger charge is 2.45. The Labute approximate surface area is 200 Å². The van der Waals surface area contributed by atoms with Gasteiger partial charge in [0.25, 0.3) is 0 Å². The molecule has 4 fully saturated rings. The summed E-state index contributed by atoms with van der Waals surface area (Å²) in [6.07, 6.45) is 10.1. The Bertz CT molecular complexity index is 1050. The summed E-state index contributed by atoms with van der Waals surface area (Å²) in [5, 5.41) is 17.6. The molecule has 0 unspecified atom stereocenters. The number of nitrogens with zero attached hydrogens (tertiary/aromatic N) is 3. The van der Waals surface area contributed by atoms with Gasteiger partial charge in [0.15, 0.2) is 5.78 Å². The number of hydrogen-bond acceptors (Lipinski definition) is 5. The first-order valence-electron chi connectivity index (χ1n) is 12.6. The Kier molecular flexibility index (Phi) is 6.80. The van der Waals surface area contributed by atoms with E-state index in [1.165, 1.54) is 6.07 Å². The first-order valence-corrected chi connectivity index (χ1v) is 12.6. The van der Waals surface area contributed by atoms with Crippen LogP contribution in [0.4, 0.5) is 4.39 Å². The topological polar surface area (TPSA) is 79.9 Å². The Hall–Kier alpha value is -2.56. The first kappa shape index (κ1) is 23.2. The van der Waals surface area contributed by atoms with Crippen LogP contribution in [0.1, 0.15) is 50.5 Å². The molecule has 3 aliphatic heterocycles. The Morgan fingerprint density at radius 2 is 2.06 bits per heavy atom. The number of hydrogen-bond donors (Lipinski definition) is 1. The number of Topliss-reactive ketones (excluding diaryl/α,β-unsaturated/α-hetero) is 1. The predicted molar refractivity (Wildman–Crippen MR) is 126 cm³/mol. The average molecular weight is 465 g/mol. The molecule has 6 nitrogen and oxygen atoms in total. The molecule has 4 heterocycles. The number of carbonyl (C=O) groups excluding carboxylic acids is 1. The third-order valence-corrected chi connectivity index (χ3v) is 8.11. The van der Waals surface area contributed by atoms with Gasteiger partial charge in [0.05, 0.1) is 23.7 Å². The van der Waals surface area contributed by atoms with Crippen LogP contribution >= 0.6 is 0 Å². The van der Waals surface area contributed by atoms with E-state index in [0.717, 1.165) is 76.0 Å². The van der Waals surface area contributed by atoms with E-state index >= 15 is 4.39 Å². The molecular formula is C27H33FN4O2. The fourth-order valence-electron chi connectivity index (χ4n) is 5.81. The van der Waals surface area contributed by atoms with Crippen molar-refractivity contribution in [3.05, 3.63) is 42.0 Å². The molecule has 7 heteroatoms. The second-order valence-corrected chi connectivity index (χ2v) is 10.4. The number of aromatic nitrogens is 2. The lowest BCUT2D eigenvalue weighted by molar-refractivity contribution is -0.129.